The van der Waals surface area contributed by atoms with Gasteiger partial charge in [0.05, 0.1) is 19.9 Å². The van der Waals surface area contributed by atoms with Crippen molar-refractivity contribution in [2.24, 2.45) is 0 Å². The number of hydrogen-bond acceptors (Lipinski definition) is 4. The van der Waals surface area contributed by atoms with Crippen molar-refractivity contribution in [2.45, 2.75) is 20.8 Å². The Kier molecular flexibility index (Phi) is 4.18. The molecule has 120 valence electrons. The average molecular weight is 327 g/mol. The topological polar surface area (TPSA) is 30.5 Å². The molecular weight excluding hydrogens is 306 g/mol. The standard InChI is InChI=1S/C19H21NO2S/c1-11-8-15-12(2)13(3)23-19(15)10-17(11)20-16-7-6-14(21-4)9-18(16)22-5/h6-10,20H,1-5H3. The first-order chi connectivity index (χ1) is 11.0. The first kappa shape index (κ1) is 15.7. The second kappa shape index (κ2) is 6.13. The van der Waals surface area contributed by atoms with Gasteiger partial charge in [0.25, 0.3) is 0 Å². The predicted molar refractivity (Wildman–Crippen MR) is 98.9 cm³/mol. The van der Waals surface area contributed by atoms with Crippen molar-refractivity contribution in [1.82, 2.24) is 0 Å². The quantitative estimate of drug-likeness (QED) is 0.678. The number of benzene rings is 2. The minimum atomic E-state index is 0.766. The molecule has 0 saturated heterocycles. The lowest BCUT2D eigenvalue weighted by Gasteiger charge is -2.14. The summed E-state index contributed by atoms with van der Waals surface area (Å²) in [5, 5.41) is 4.83. The van der Waals surface area contributed by atoms with Crippen molar-refractivity contribution < 1.29 is 9.47 Å². The minimum absolute atomic E-state index is 0.766. The molecule has 0 bridgehead atoms. The summed E-state index contributed by atoms with van der Waals surface area (Å²) in [7, 11) is 3.32. The minimum Gasteiger partial charge on any atom is -0.497 e. The third kappa shape index (κ3) is 2.86. The third-order valence-electron chi connectivity index (χ3n) is 4.20. The zero-order valence-corrected chi connectivity index (χ0v) is 14.9. The van der Waals surface area contributed by atoms with Crippen LogP contribution in [0.15, 0.2) is 30.3 Å². The first-order valence-corrected chi connectivity index (χ1v) is 8.34. The summed E-state index contributed by atoms with van der Waals surface area (Å²) >= 11 is 1.84. The van der Waals surface area contributed by atoms with Crippen LogP contribution in [0.4, 0.5) is 11.4 Å². The number of fused-ring (bicyclic) bond motifs is 1. The summed E-state index contributed by atoms with van der Waals surface area (Å²) in [6.07, 6.45) is 0. The molecule has 3 aromatic rings. The van der Waals surface area contributed by atoms with Crippen molar-refractivity contribution in [1.29, 1.82) is 0 Å². The highest BCUT2D eigenvalue weighted by atomic mass is 32.1. The van der Waals surface area contributed by atoms with Crippen molar-refractivity contribution in [3.8, 4) is 11.5 Å². The van der Waals surface area contributed by atoms with E-state index in [2.05, 4.69) is 38.2 Å². The number of nitrogens with one attached hydrogen (secondary N) is 1. The van der Waals surface area contributed by atoms with Gasteiger partial charge in [-0.3, -0.25) is 0 Å². The Labute approximate surface area is 140 Å². The van der Waals surface area contributed by atoms with Crippen molar-refractivity contribution in [2.75, 3.05) is 19.5 Å². The molecule has 0 aliphatic rings. The number of methoxy groups -OCH3 is 2. The van der Waals surface area contributed by atoms with E-state index in [0.717, 1.165) is 22.9 Å². The second-order valence-electron chi connectivity index (χ2n) is 5.64. The van der Waals surface area contributed by atoms with Crippen LogP contribution in [0.5, 0.6) is 11.5 Å². The first-order valence-electron chi connectivity index (χ1n) is 7.53. The summed E-state index contributed by atoms with van der Waals surface area (Å²) < 4.78 is 12.0. The number of rotatable bonds is 4. The summed E-state index contributed by atoms with van der Waals surface area (Å²) in [6, 6.07) is 10.3. The molecule has 0 unspecified atom stereocenters. The fraction of sp³-hybridized carbons (Fsp3) is 0.263. The van der Waals surface area contributed by atoms with E-state index in [1.54, 1.807) is 14.2 Å². The molecular formula is C19H21NO2S. The maximum absolute atomic E-state index is 5.47. The molecule has 4 heteroatoms. The Morgan fingerprint density at radius 1 is 0.913 bits per heavy atom. The van der Waals surface area contributed by atoms with Gasteiger partial charge >= 0.3 is 0 Å². The van der Waals surface area contributed by atoms with E-state index >= 15 is 0 Å². The SMILES string of the molecule is COc1ccc(Nc2cc3sc(C)c(C)c3cc2C)c(OC)c1. The summed E-state index contributed by atoms with van der Waals surface area (Å²) in [5.74, 6) is 1.55. The van der Waals surface area contributed by atoms with E-state index in [-0.39, 0.29) is 0 Å². The Morgan fingerprint density at radius 2 is 1.70 bits per heavy atom. The molecule has 1 N–H and O–H groups in total. The largest absolute Gasteiger partial charge is 0.497 e. The van der Waals surface area contributed by atoms with Gasteiger partial charge in [0.2, 0.25) is 0 Å². The molecule has 2 aromatic carbocycles. The van der Waals surface area contributed by atoms with E-state index in [0.29, 0.717) is 0 Å². The van der Waals surface area contributed by atoms with Gasteiger partial charge in [-0.1, -0.05) is 0 Å². The molecule has 0 fully saturated rings. The number of thiophene rings is 1. The van der Waals surface area contributed by atoms with E-state index in [9.17, 15) is 0 Å². The monoisotopic (exact) mass is 327 g/mol. The summed E-state index contributed by atoms with van der Waals surface area (Å²) in [4.78, 5) is 1.37. The smallest absolute Gasteiger partial charge is 0.145 e. The molecule has 0 atom stereocenters. The second-order valence-corrected chi connectivity index (χ2v) is 6.89. The van der Waals surface area contributed by atoms with Gasteiger partial charge in [-0.15, -0.1) is 11.3 Å². The number of anilines is 2. The van der Waals surface area contributed by atoms with E-state index < -0.39 is 0 Å². The van der Waals surface area contributed by atoms with Crippen molar-refractivity contribution in [3.63, 3.8) is 0 Å². The third-order valence-corrected chi connectivity index (χ3v) is 5.37. The molecule has 0 radical (unpaired) electrons. The lowest BCUT2D eigenvalue weighted by molar-refractivity contribution is 0.395. The van der Waals surface area contributed by atoms with E-state index in [1.807, 2.05) is 29.5 Å². The molecule has 0 aliphatic heterocycles. The Morgan fingerprint density at radius 3 is 2.39 bits per heavy atom. The summed E-state index contributed by atoms with van der Waals surface area (Å²) in [6.45, 7) is 6.49. The Bertz CT molecular complexity index is 867. The van der Waals surface area contributed by atoms with Crippen LogP contribution in [0.3, 0.4) is 0 Å². The predicted octanol–water partition coefficient (Wildman–Crippen LogP) is 5.59. The van der Waals surface area contributed by atoms with E-state index in [1.165, 1.54) is 26.1 Å². The average Bonchev–Trinajstić information content (AvgIpc) is 2.82. The molecule has 3 nitrogen and oxygen atoms in total. The molecule has 1 aromatic heterocycles. The van der Waals surface area contributed by atoms with Gasteiger partial charge in [0.1, 0.15) is 11.5 Å². The van der Waals surface area contributed by atoms with Crippen LogP contribution in [-0.4, -0.2) is 14.2 Å². The van der Waals surface area contributed by atoms with Gasteiger partial charge in [-0.25, -0.2) is 0 Å². The fourth-order valence-corrected chi connectivity index (χ4v) is 3.77. The van der Waals surface area contributed by atoms with Gasteiger partial charge in [-0.05, 0) is 61.5 Å². The van der Waals surface area contributed by atoms with Crippen LogP contribution in [0, 0.1) is 20.8 Å². The highest BCUT2D eigenvalue weighted by Gasteiger charge is 2.11. The zero-order valence-electron chi connectivity index (χ0n) is 14.1. The molecule has 23 heavy (non-hydrogen) atoms. The lowest BCUT2D eigenvalue weighted by atomic mass is 10.1. The Hall–Kier alpha value is -2.20. The van der Waals surface area contributed by atoms with Crippen LogP contribution in [-0.2, 0) is 0 Å². The lowest BCUT2D eigenvalue weighted by Crippen LogP contribution is -1.97. The van der Waals surface area contributed by atoms with Crippen LogP contribution in [0.1, 0.15) is 16.0 Å². The van der Waals surface area contributed by atoms with Crippen LogP contribution < -0.4 is 14.8 Å². The van der Waals surface area contributed by atoms with Gasteiger partial charge in [0.15, 0.2) is 0 Å². The van der Waals surface area contributed by atoms with Crippen LogP contribution in [0.2, 0.25) is 0 Å². The van der Waals surface area contributed by atoms with Crippen LogP contribution >= 0.6 is 11.3 Å². The van der Waals surface area contributed by atoms with E-state index in [4.69, 9.17) is 9.47 Å². The molecule has 1 heterocycles. The zero-order chi connectivity index (χ0) is 16.6. The maximum Gasteiger partial charge on any atom is 0.145 e. The van der Waals surface area contributed by atoms with Gasteiger partial charge < -0.3 is 14.8 Å². The number of aryl methyl sites for hydroxylation is 3. The van der Waals surface area contributed by atoms with Gasteiger partial charge in [-0.2, -0.15) is 0 Å². The number of ether oxygens (including phenoxy) is 2. The fourth-order valence-electron chi connectivity index (χ4n) is 2.68. The molecule has 0 spiro atoms. The normalized spacial score (nSPS) is 10.8. The maximum atomic E-state index is 5.47. The molecule has 3 rings (SSSR count). The Balaban J connectivity index is 2.03. The molecule has 0 saturated carbocycles. The highest BCUT2D eigenvalue weighted by molar-refractivity contribution is 7.19. The molecule has 0 amide bonds. The van der Waals surface area contributed by atoms with Gasteiger partial charge in [0, 0.05) is 21.3 Å². The molecule has 0 aliphatic carbocycles. The van der Waals surface area contributed by atoms with Crippen molar-refractivity contribution in [3.05, 3.63) is 46.3 Å². The summed E-state index contributed by atoms with van der Waals surface area (Å²) in [5.41, 5.74) is 4.63. The van der Waals surface area contributed by atoms with Crippen LogP contribution in [0.25, 0.3) is 10.1 Å². The number of hydrogen-bond donors (Lipinski definition) is 1. The highest BCUT2D eigenvalue weighted by Crippen LogP contribution is 2.37. The van der Waals surface area contributed by atoms with Crippen molar-refractivity contribution >= 4 is 32.8 Å².